The molecule has 2 unspecified atom stereocenters. The minimum Gasteiger partial charge on any atom is -0.290 e. The Balaban J connectivity index is 2.02. The van der Waals surface area contributed by atoms with Gasteiger partial charge in [0, 0.05) is 36.4 Å². The molecule has 0 saturated carbocycles. The van der Waals surface area contributed by atoms with E-state index in [0.29, 0.717) is 23.8 Å². The maximum atomic E-state index is 14.6. The van der Waals surface area contributed by atoms with Crippen molar-refractivity contribution in [2.24, 2.45) is 4.99 Å². The molecule has 1 aromatic carbocycles. The van der Waals surface area contributed by atoms with Crippen LogP contribution in [0, 0.1) is 31.3 Å². The van der Waals surface area contributed by atoms with Crippen LogP contribution >= 0.6 is 11.6 Å². The van der Waals surface area contributed by atoms with Crippen LogP contribution in [0.15, 0.2) is 35.6 Å². The molecular weight excluding hydrogens is 367 g/mol. The Kier molecular flexibility index (Phi) is 3.69. The lowest BCUT2D eigenvalue weighted by molar-refractivity contribution is 0.323. The quantitative estimate of drug-likeness (QED) is 0.632. The topological polar surface area (TPSA) is 48.0 Å². The minimum absolute atomic E-state index is 0.321. The largest absolute Gasteiger partial charge is 0.290 e. The number of rotatable bonds is 2. The highest BCUT2D eigenvalue weighted by atomic mass is 35.5. The maximum Gasteiger partial charge on any atom is 0.231 e. The van der Waals surface area contributed by atoms with Gasteiger partial charge in [-0.2, -0.15) is 5.10 Å². The highest BCUT2D eigenvalue weighted by Crippen LogP contribution is 2.46. The van der Waals surface area contributed by atoms with Crippen molar-refractivity contribution in [1.82, 2.24) is 19.3 Å². The number of alkyl halides is 1. The molecule has 0 saturated heterocycles. The van der Waals surface area contributed by atoms with Crippen LogP contribution < -0.4 is 0 Å². The average molecular weight is 380 g/mol. The molecule has 0 fully saturated rings. The van der Waals surface area contributed by atoms with Crippen LogP contribution in [-0.2, 0) is 4.87 Å². The Morgan fingerprint density at radius 2 is 1.81 bits per heavy atom. The maximum absolute atomic E-state index is 14.6. The summed E-state index contributed by atoms with van der Waals surface area (Å²) in [6, 6.07) is 3.01. The number of aryl methyl sites for hydroxylation is 2. The van der Waals surface area contributed by atoms with Gasteiger partial charge in [-0.3, -0.25) is 4.57 Å². The Hall–Kier alpha value is -2.61. The second kappa shape index (κ2) is 5.70. The first-order valence-corrected chi connectivity index (χ1v) is 8.14. The van der Waals surface area contributed by atoms with Crippen LogP contribution in [0.25, 0.3) is 0 Å². The fraction of sp³-hybridized carbons (Fsp3) is 0.235. The van der Waals surface area contributed by atoms with E-state index in [9.17, 15) is 13.2 Å². The van der Waals surface area contributed by atoms with Crippen LogP contribution in [0.4, 0.5) is 19.1 Å². The zero-order chi connectivity index (χ0) is 18.6. The Bertz CT molecular complexity index is 1020. The Morgan fingerprint density at radius 3 is 2.42 bits per heavy atom. The van der Waals surface area contributed by atoms with Gasteiger partial charge < -0.3 is 0 Å². The van der Waals surface area contributed by atoms with Crippen molar-refractivity contribution in [3.05, 3.63) is 65.0 Å². The van der Waals surface area contributed by atoms with E-state index in [1.807, 2.05) is 6.07 Å². The van der Waals surface area contributed by atoms with Crippen LogP contribution in [-0.4, -0.2) is 25.5 Å². The van der Waals surface area contributed by atoms with Crippen LogP contribution in [0.2, 0.25) is 0 Å². The predicted octanol–water partition coefficient (Wildman–Crippen LogP) is 4.01. The molecule has 0 amide bonds. The summed E-state index contributed by atoms with van der Waals surface area (Å²) in [5.74, 6) is -2.90. The molecule has 0 bridgehead atoms. The van der Waals surface area contributed by atoms with Crippen molar-refractivity contribution >= 4 is 23.8 Å². The number of nitrogens with zero attached hydrogens (tertiary/aromatic N) is 5. The zero-order valence-electron chi connectivity index (χ0n) is 13.8. The first-order valence-electron chi connectivity index (χ1n) is 7.76. The summed E-state index contributed by atoms with van der Waals surface area (Å²) in [6.07, 6.45) is 3.44. The highest BCUT2D eigenvalue weighted by molar-refractivity contribution is 6.33. The number of fused-ring (bicyclic) bond motifs is 1. The smallest absolute Gasteiger partial charge is 0.231 e. The molecule has 0 N–H and O–H groups in total. The number of aromatic nitrogens is 4. The third kappa shape index (κ3) is 2.36. The average Bonchev–Trinajstić information content (AvgIpc) is 3.12. The van der Waals surface area contributed by atoms with Gasteiger partial charge in [0.05, 0.1) is 11.3 Å². The molecule has 4 rings (SSSR count). The van der Waals surface area contributed by atoms with Crippen molar-refractivity contribution in [1.29, 1.82) is 0 Å². The van der Waals surface area contributed by atoms with E-state index in [0.717, 1.165) is 5.69 Å². The van der Waals surface area contributed by atoms with E-state index in [1.165, 1.54) is 12.4 Å². The van der Waals surface area contributed by atoms with Gasteiger partial charge in [0.25, 0.3) is 0 Å². The minimum atomic E-state index is -1.78. The molecule has 3 heterocycles. The summed E-state index contributed by atoms with van der Waals surface area (Å²) >= 11 is 6.77. The van der Waals surface area contributed by atoms with E-state index < -0.39 is 34.1 Å². The van der Waals surface area contributed by atoms with Crippen LogP contribution in [0.3, 0.4) is 0 Å². The third-order valence-electron chi connectivity index (χ3n) is 4.32. The summed E-state index contributed by atoms with van der Waals surface area (Å²) in [4.78, 5) is 6.45. The fourth-order valence-corrected chi connectivity index (χ4v) is 3.74. The number of hydrogen-bond acceptors (Lipinski definition) is 3. The molecule has 5 nitrogen and oxygen atoms in total. The molecule has 1 aliphatic heterocycles. The monoisotopic (exact) mass is 379 g/mol. The molecular formula is C17H13ClF3N5. The van der Waals surface area contributed by atoms with Crippen molar-refractivity contribution in [3.8, 4) is 0 Å². The second-order valence-corrected chi connectivity index (χ2v) is 6.78. The summed E-state index contributed by atoms with van der Waals surface area (Å²) in [5, 5.41) is 4.41. The van der Waals surface area contributed by atoms with Crippen molar-refractivity contribution in [2.75, 3.05) is 0 Å². The lowest BCUT2D eigenvalue weighted by atomic mass is 9.93. The lowest BCUT2D eigenvalue weighted by Gasteiger charge is -2.37. The van der Waals surface area contributed by atoms with E-state index in [1.54, 1.807) is 29.3 Å². The van der Waals surface area contributed by atoms with Gasteiger partial charge in [-0.05, 0) is 19.9 Å². The SMILES string of the molecule is Cc1cc(C)n(C2n3ccnc3N=CC2(Cl)c2c(F)cc(F)cc2F)n1. The number of imidazole rings is 1. The van der Waals surface area contributed by atoms with Gasteiger partial charge in [0.1, 0.15) is 17.5 Å². The van der Waals surface area contributed by atoms with E-state index in [2.05, 4.69) is 15.1 Å². The molecule has 134 valence electrons. The molecule has 26 heavy (non-hydrogen) atoms. The Morgan fingerprint density at radius 1 is 1.12 bits per heavy atom. The van der Waals surface area contributed by atoms with E-state index >= 15 is 0 Å². The number of benzene rings is 1. The number of hydrogen-bond donors (Lipinski definition) is 0. The van der Waals surface area contributed by atoms with E-state index in [-0.39, 0.29) is 0 Å². The van der Waals surface area contributed by atoms with Crippen molar-refractivity contribution in [2.45, 2.75) is 24.9 Å². The molecule has 0 aliphatic carbocycles. The Labute approximate surface area is 151 Å². The van der Waals surface area contributed by atoms with Gasteiger partial charge in [-0.15, -0.1) is 11.6 Å². The van der Waals surface area contributed by atoms with Gasteiger partial charge in [0.2, 0.25) is 5.95 Å². The van der Waals surface area contributed by atoms with Crippen LogP contribution in [0.1, 0.15) is 23.1 Å². The third-order valence-corrected chi connectivity index (χ3v) is 4.80. The van der Waals surface area contributed by atoms with Crippen LogP contribution in [0.5, 0.6) is 0 Å². The lowest BCUT2D eigenvalue weighted by Crippen LogP contribution is -2.42. The number of halogens is 4. The molecule has 0 spiro atoms. The number of aliphatic imine (C=N–C) groups is 1. The normalized spacial score (nSPS) is 21.8. The standard InChI is InChI=1S/C17H13ClF3N5/c1-9-5-10(2)26(24-9)15-17(18,8-23-16-22-3-4-25(15)16)14-12(20)6-11(19)7-13(14)21/h3-8,15H,1-2H3. The second-order valence-electron chi connectivity index (χ2n) is 6.15. The van der Waals surface area contributed by atoms with E-state index in [4.69, 9.17) is 11.6 Å². The summed E-state index contributed by atoms with van der Waals surface area (Å²) < 4.78 is 45.6. The summed E-state index contributed by atoms with van der Waals surface area (Å²) in [5.41, 5.74) is 0.947. The van der Waals surface area contributed by atoms with Crippen molar-refractivity contribution < 1.29 is 13.2 Å². The molecule has 9 heteroatoms. The summed E-state index contributed by atoms with van der Waals surface area (Å²) in [6.45, 7) is 3.60. The zero-order valence-corrected chi connectivity index (χ0v) is 14.5. The van der Waals surface area contributed by atoms with Gasteiger partial charge in [-0.1, -0.05) is 0 Å². The predicted molar refractivity (Wildman–Crippen MR) is 90.4 cm³/mol. The molecule has 3 aromatic rings. The first kappa shape index (κ1) is 16.8. The first-order chi connectivity index (χ1) is 12.3. The van der Waals surface area contributed by atoms with Gasteiger partial charge in [-0.25, -0.2) is 27.8 Å². The fourth-order valence-electron chi connectivity index (χ4n) is 3.31. The van der Waals surface area contributed by atoms with Crippen molar-refractivity contribution in [3.63, 3.8) is 0 Å². The molecule has 1 aliphatic rings. The van der Waals surface area contributed by atoms with Gasteiger partial charge in [0.15, 0.2) is 11.0 Å². The summed E-state index contributed by atoms with van der Waals surface area (Å²) in [7, 11) is 0. The molecule has 2 aromatic heterocycles. The highest BCUT2D eigenvalue weighted by Gasteiger charge is 2.48. The van der Waals surface area contributed by atoms with Gasteiger partial charge >= 0.3 is 0 Å². The molecule has 0 radical (unpaired) electrons. The molecule has 2 atom stereocenters.